The van der Waals surface area contributed by atoms with E-state index in [0.29, 0.717) is 28.2 Å². The number of fused-ring (bicyclic) bond motifs is 1. The lowest BCUT2D eigenvalue weighted by Gasteiger charge is -2.11. The molecule has 0 saturated heterocycles. The highest BCUT2D eigenvalue weighted by atomic mass is 16.6. The summed E-state index contributed by atoms with van der Waals surface area (Å²) in [5.74, 6) is 0.460. The highest BCUT2D eigenvalue weighted by Crippen LogP contribution is 2.29. The predicted molar refractivity (Wildman–Crippen MR) is 130 cm³/mol. The van der Waals surface area contributed by atoms with Gasteiger partial charge in [0.05, 0.1) is 26.0 Å². The smallest absolute Gasteiger partial charge is 0.344 e. The number of ether oxygens (including phenoxy) is 3. The Hall–Kier alpha value is -4.65. The number of hydrogen-bond acceptors (Lipinski definition) is 6. The third kappa shape index (κ3) is 5.05. The fourth-order valence-electron chi connectivity index (χ4n) is 3.38. The summed E-state index contributed by atoms with van der Waals surface area (Å²) in [5.41, 5.74) is 4.04. The number of amides is 1. The van der Waals surface area contributed by atoms with Crippen LogP contribution in [0.3, 0.4) is 0 Å². The molecule has 0 unspecified atom stereocenters. The highest BCUT2D eigenvalue weighted by molar-refractivity contribution is 6.05. The number of rotatable bonds is 7. The lowest BCUT2D eigenvalue weighted by molar-refractivity contribution is 0.0731. The van der Waals surface area contributed by atoms with E-state index >= 15 is 0 Å². The Labute approximate surface area is 196 Å². The van der Waals surface area contributed by atoms with Crippen LogP contribution in [0.1, 0.15) is 26.3 Å². The van der Waals surface area contributed by atoms with E-state index < -0.39 is 5.97 Å². The Morgan fingerprint density at radius 2 is 1.59 bits per heavy atom. The van der Waals surface area contributed by atoms with E-state index in [9.17, 15) is 9.59 Å². The van der Waals surface area contributed by atoms with Crippen molar-refractivity contribution in [3.8, 4) is 17.2 Å². The summed E-state index contributed by atoms with van der Waals surface area (Å²) >= 11 is 0. The third-order valence-electron chi connectivity index (χ3n) is 5.13. The molecule has 4 rings (SSSR count). The summed E-state index contributed by atoms with van der Waals surface area (Å²) < 4.78 is 16.1. The standard InChI is InChI=1S/C27H22N2O5/c1-32-21-13-11-20(12-14-21)26(30)29-28-17-18-10-15-24(25(16-18)33-2)34-27(31)23-9-5-7-19-6-3-4-8-22(19)23/h3-17H,1-2H3,(H,29,30). The van der Waals surface area contributed by atoms with Gasteiger partial charge in [-0.1, -0.05) is 36.4 Å². The van der Waals surface area contributed by atoms with Gasteiger partial charge in [-0.3, -0.25) is 4.79 Å². The van der Waals surface area contributed by atoms with Gasteiger partial charge in [0.1, 0.15) is 5.75 Å². The van der Waals surface area contributed by atoms with Crippen LogP contribution in [0.5, 0.6) is 17.2 Å². The molecular weight excluding hydrogens is 432 g/mol. The van der Waals surface area contributed by atoms with Crippen LogP contribution in [0, 0.1) is 0 Å². The van der Waals surface area contributed by atoms with Crippen molar-refractivity contribution >= 4 is 28.9 Å². The molecule has 4 aromatic carbocycles. The van der Waals surface area contributed by atoms with Gasteiger partial charge in [0.25, 0.3) is 5.91 Å². The van der Waals surface area contributed by atoms with Crippen molar-refractivity contribution in [3.63, 3.8) is 0 Å². The van der Waals surface area contributed by atoms with Gasteiger partial charge in [-0.2, -0.15) is 5.10 Å². The van der Waals surface area contributed by atoms with Crippen LogP contribution in [0.25, 0.3) is 10.8 Å². The second kappa shape index (κ2) is 10.3. The van der Waals surface area contributed by atoms with Gasteiger partial charge in [-0.15, -0.1) is 0 Å². The molecule has 0 bridgehead atoms. The number of esters is 1. The van der Waals surface area contributed by atoms with E-state index in [1.165, 1.54) is 13.3 Å². The Bertz CT molecular complexity index is 1360. The second-order valence-electron chi connectivity index (χ2n) is 7.25. The molecular formula is C27H22N2O5. The third-order valence-corrected chi connectivity index (χ3v) is 5.13. The summed E-state index contributed by atoms with van der Waals surface area (Å²) in [6.45, 7) is 0. The van der Waals surface area contributed by atoms with Gasteiger partial charge < -0.3 is 14.2 Å². The van der Waals surface area contributed by atoms with E-state index in [1.54, 1.807) is 55.6 Å². The lowest BCUT2D eigenvalue weighted by Crippen LogP contribution is -2.17. The first kappa shape index (κ1) is 22.5. The average Bonchev–Trinajstić information content (AvgIpc) is 2.89. The predicted octanol–water partition coefficient (Wildman–Crippen LogP) is 4.84. The molecule has 0 aliphatic heterocycles. The summed E-state index contributed by atoms with van der Waals surface area (Å²) in [7, 11) is 3.04. The molecule has 0 fully saturated rings. The van der Waals surface area contributed by atoms with Crippen LogP contribution in [0.15, 0.2) is 90.0 Å². The van der Waals surface area contributed by atoms with Gasteiger partial charge in [-0.25, -0.2) is 10.2 Å². The molecule has 0 aliphatic carbocycles. The number of nitrogens with one attached hydrogen (secondary N) is 1. The van der Waals surface area contributed by atoms with Crippen molar-refractivity contribution < 1.29 is 23.8 Å². The zero-order valence-corrected chi connectivity index (χ0v) is 18.6. The van der Waals surface area contributed by atoms with Crippen molar-refractivity contribution in [1.82, 2.24) is 5.43 Å². The summed E-state index contributed by atoms with van der Waals surface area (Å²) in [4.78, 5) is 25.1. The molecule has 0 aromatic heterocycles. The second-order valence-corrected chi connectivity index (χ2v) is 7.25. The van der Waals surface area contributed by atoms with Crippen LogP contribution in [-0.4, -0.2) is 32.3 Å². The molecule has 0 atom stereocenters. The van der Waals surface area contributed by atoms with Gasteiger partial charge in [0.2, 0.25) is 0 Å². The molecule has 1 amide bonds. The number of carbonyl (C=O) groups is 2. The number of carbonyl (C=O) groups excluding carboxylic acids is 2. The zero-order valence-electron chi connectivity index (χ0n) is 18.6. The molecule has 4 aromatic rings. The number of benzene rings is 4. The maximum absolute atomic E-state index is 12.8. The van der Waals surface area contributed by atoms with Gasteiger partial charge in [-0.05, 0) is 64.9 Å². The first-order valence-electron chi connectivity index (χ1n) is 10.4. The number of methoxy groups -OCH3 is 2. The fourth-order valence-corrected chi connectivity index (χ4v) is 3.38. The van der Waals surface area contributed by atoms with E-state index in [-0.39, 0.29) is 11.7 Å². The highest BCUT2D eigenvalue weighted by Gasteiger charge is 2.15. The van der Waals surface area contributed by atoms with Crippen LogP contribution in [0.4, 0.5) is 0 Å². The Morgan fingerprint density at radius 1 is 0.824 bits per heavy atom. The molecule has 0 aliphatic rings. The maximum atomic E-state index is 12.8. The normalized spacial score (nSPS) is 10.8. The van der Waals surface area contributed by atoms with E-state index in [0.717, 1.165) is 10.8 Å². The van der Waals surface area contributed by atoms with Crippen molar-refractivity contribution in [3.05, 3.63) is 102 Å². The SMILES string of the molecule is COc1ccc(C(=O)NN=Cc2ccc(OC(=O)c3cccc4ccccc34)c(OC)c2)cc1. The quantitative estimate of drug-likeness (QED) is 0.187. The molecule has 0 saturated carbocycles. The van der Waals surface area contributed by atoms with Gasteiger partial charge >= 0.3 is 5.97 Å². The first-order valence-corrected chi connectivity index (χ1v) is 10.4. The maximum Gasteiger partial charge on any atom is 0.344 e. The Kier molecular flexibility index (Phi) is 6.84. The first-order chi connectivity index (χ1) is 16.6. The van der Waals surface area contributed by atoms with E-state index in [1.807, 2.05) is 36.4 Å². The molecule has 0 radical (unpaired) electrons. The van der Waals surface area contributed by atoms with Crippen molar-refractivity contribution in [1.29, 1.82) is 0 Å². The molecule has 34 heavy (non-hydrogen) atoms. The van der Waals surface area contributed by atoms with E-state index in [2.05, 4.69) is 10.5 Å². The van der Waals surface area contributed by atoms with Crippen molar-refractivity contribution in [2.24, 2.45) is 5.10 Å². The summed E-state index contributed by atoms with van der Waals surface area (Å²) in [6.07, 6.45) is 1.47. The molecule has 1 N–H and O–H groups in total. The Balaban J connectivity index is 1.45. The topological polar surface area (TPSA) is 86.2 Å². The average molecular weight is 454 g/mol. The van der Waals surface area contributed by atoms with Gasteiger partial charge in [0.15, 0.2) is 11.5 Å². The minimum Gasteiger partial charge on any atom is -0.497 e. The fraction of sp³-hybridized carbons (Fsp3) is 0.0741. The number of hydrazone groups is 1. The summed E-state index contributed by atoms with van der Waals surface area (Å²) in [6, 6.07) is 24.8. The number of hydrogen-bond donors (Lipinski definition) is 1. The van der Waals surface area contributed by atoms with Gasteiger partial charge in [0, 0.05) is 5.56 Å². The van der Waals surface area contributed by atoms with Crippen LogP contribution >= 0.6 is 0 Å². The minimum absolute atomic E-state index is 0.278. The zero-order chi connectivity index (χ0) is 23.9. The van der Waals surface area contributed by atoms with Crippen LogP contribution in [-0.2, 0) is 0 Å². The molecule has 0 spiro atoms. The van der Waals surface area contributed by atoms with Crippen molar-refractivity contribution in [2.45, 2.75) is 0 Å². The molecule has 7 heteroatoms. The number of nitrogens with zero attached hydrogens (tertiary/aromatic N) is 1. The molecule has 7 nitrogen and oxygen atoms in total. The molecule has 0 heterocycles. The largest absolute Gasteiger partial charge is 0.497 e. The lowest BCUT2D eigenvalue weighted by atomic mass is 10.0. The van der Waals surface area contributed by atoms with Crippen LogP contribution in [0.2, 0.25) is 0 Å². The monoisotopic (exact) mass is 454 g/mol. The molecule has 170 valence electrons. The Morgan fingerprint density at radius 3 is 2.35 bits per heavy atom. The van der Waals surface area contributed by atoms with E-state index in [4.69, 9.17) is 14.2 Å². The minimum atomic E-state index is -0.483. The summed E-state index contributed by atoms with van der Waals surface area (Å²) in [5, 5.41) is 5.75. The van der Waals surface area contributed by atoms with Crippen LogP contribution < -0.4 is 19.6 Å². The van der Waals surface area contributed by atoms with Crippen molar-refractivity contribution in [2.75, 3.05) is 14.2 Å².